The maximum Gasteiger partial charge on any atom is 0.0470 e. The number of hydrogen-bond acceptors (Lipinski definition) is 2. The van der Waals surface area contributed by atoms with Gasteiger partial charge in [0.25, 0.3) is 0 Å². The van der Waals surface area contributed by atoms with E-state index in [-0.39, 0.29) is 0 Å². The SMILES string of the molecule is Brc1ccc2c3c([nH]c2c1)CCC(N1CCNCC1)C3. The molecule has 1 aliphatic carbocycles. The molecular weight excluding hydrogens is 314 g/mol. The van der Waals surface area contributed by atoms with Crippen LogP contribution in [0.3, 0.4) is 0 Å². The van der Waals surface area contributed by atoms with Crippen LogP contribution in [0.5, 0.6) is 0 Å². The molecule has 4 heteroatoms. The first-order chi connectivity index (χ1) is 9.81. The molecule has 1 atom stereocenters. The zero-order valence-electron chi connectivity index (χ0n) is 11.6. The summed E-state index contributed by atoms with van der Waals surface area (Å²) in [4.78, 5) is 6.30. The molecule has 2 heterocycles. The second kappa shape index (κ2) is 5.17. The van der Waals surface area contributed by atoms with E-state index in [1.165, 1.54) is 48.9 Å². The summed E-state index contributed by atoms with van der Waals surface area (Å²) < 4.78 is 1.15. The fraction of sp³-hybridized carbons (Fsp3) is 0.500. The Morgan fingerprint density at radius 2 is 2.05 bits per heavy atom. The molecule has 0 saturated carbocycles. The van der Waals surface area contributed by atoms with Crippen molar-refractivity contribution in [2.75, 3.05) is 26.2 Å². The number of nitrogens with zero attached hydrogens (tertiary/aromatic N) is 1. The maximum atomic E-state index is 3.62. The number of nitrogens with one attached hydrogen (secondary N) is 2. The fourth-order valence-electron chi connectivity index (χ4n) is 3.74. The lowest BCUT2D eigenvalue weighted by Gasteiger charge is -2.37. The van der Waals surface area contributed by atoms with E-state index in [1.54, 1.807) is 5.56 Å². The lowest BCUT2D eigenvalue weighted by atomic mass is 9.90. The molecule has 1 aliphatic heterocycles. The van der Waals surface area contributed by atoms with Gasteiger partial charge >= 0.3 is 0 Å². The minimum absolute atomic E-state index is 0.729. The molecule has 4 rings (SSSR count). The van der Waals surface area contributed by atoms with Crippen LogP contribution < -0.4 is 5.32 Å². The summed E-state index contributed by atoms with van der Waals surface area (Å²) in [6.45, 7) is 4.69. The number of benzene rings is 1. The fourth-order valence-corrected chi connectivity index (χ4v) is 4.10. The molecule has 106 valence electrons. The van der Waals surface area contributed by atoms with Crippen molar-refractivity contribution in [1.29, 1.82) is 0 Å². The summed E-state index contributed by atoms with van der Waals surface area (Å²) in [6.07, 6.45) is 3.69. The lowest BCUT2D eigenvalue weighted by Crippen LogP contribution is -2.50. The van der Waals surface area contributed by atoms with Crippen molar-refractivity contribution in [3.8, 4) is 0 Å². The molecule has 0 spiro atoms. The van der Waals surface area contributed by atoms with E-state index in [9.17, 15) is 0 Å². The van der Waals surface area contributed by atoms with Crippen molar-refractivity contribution < 1.29 is 0 Å². The highest BCUT2D eigenvalue weighted by Gasteiger charge is 2.27. The van der Waals surface area contributed by atoms with Gasteiger partial charge in [-0.1, -0.05) is 22.0 Å². The monoisotopic (exact) mass is 333 g/mol. The predicted octanol–water partition coefficient (Wildman–Crippen LogP) is 2.69. The average Bonchev–Trinajstić information content (AvgIpc) is 2.84. The molecule has 1 unspecified atom stereocenters. The minimum Gasteiger partial charge on any atom is -0.358 e. The number of rotatable bonds is 1. The summed E-state index contributed by atoms with van der Waals surface area (Å²) in [5.41, 5.74) is 4.30. The van der Waals surface area contributed by atoms with Gasteiger partial charge in [-0.15, -0.1) is 0 Å². The van der Waals surface area contributed by atoms with Crippen LogP contribution in [0, 0.1) is 0 Å². The Balaban J connectivity index is 1.65. The Hall–Kier alpha value is -0.840. The van der Waals surface area contributed by atoms with Gasteiger partial charge in [0.2, 0.25) is 0 Å². The van der Waals surface area contributed by atoms with Crippen LogP contribution in [0.15, 0.2) is 22.7 Å². The Kier molecular flexibility index (Phi) is 3.33. The zero-order chi connectivity index (χ0) is 13.5. The standard InChI is InChI=1S/C16H20BrN3/c17-11-1-3-13-14-10-12(20-7-5-18-6-8-20)2-4-15(14)19-16(13)9-11/h1,3,9,12,18-19H,2,4-8,10H2. The molecule has 2 aliphatic rings. The highest BCUT2D eigenvalue weighted by Crippen LogP contribution is 2.32. The molecule has 0 radical (unpaired) electrons. The third-order valence-corrected chi connectivity index (χ3v) is 5.29. The normalized spacial score (nSPS) is 23.9. The number of H-pyrrole nitrogens is 1. The molecule has 2 N–H and O–H groups in total. The summed E-state index contributed by atoms with van der Waals surface area (Å²) in [5.74, 6) is 0. The molecule has 1 aromatic carbocycles. The average molecular weight is 334 g/mol. The number of fused-ring (bicyclic) bond motifs is 3. The van der Waals surface area contributed by atoms with Gasteiger partial charge in [-0.2, -0.15) is 0 Å². The van der Waals surface area contributed by atoms with E-state index < -0.39 is 0 Å². The second-order valence-electron chi connectivity index (χ2n) is 5.95. The number of halogens is 1. The predicted molar refractivity (Wildman–Crippen MR) is 86.3 cm³/mol. The first-order valence-corrected chi connectivity index (χ1v) is 8.34. The molecule has 1 aromatic heterocycles. The van der Waals surface area contributed by atoms with Crippen LogP contribution in [-0.4, -0.2) is 42.1 Å². The molecule has 2 aromatic rings. The second-order valence-corrected chi connectivity index (χ2v) is 6.87. The summed E-state index contributed by atoms with van der Waals surface area (Å²) in [7, 11) is 0. The first kappa shape index (κ1) is 12.9. The topological polar surface area (TPSA) is 31.1 Å². The highest BCUT2D eigenvalue weighted by molar-refractivity contribution is 9.10. The van der Waals surface area contributed by atoms with Gasteiger partial charge in [0.05, 0.1) is 0 Å². The Morgan fingerprint density at radius 1 is 1.20 bits per heavy atom. The van der Waals surface area contributed by atoms with Crippen molar-refractivity contribution in [2.45, 2.75) is 25.3 Å². The Labute approximate surface area is 127 Å². The molecule has 20 heavy (non-hydrogen) atoms. The molecule has 1 saturated heterocycles. The summed E-state index contributed by atoms with van der Waals surface area (Å²) >= 11 is 3.56. The van der Waals surface area contributed by atoms with Gasteiger partial charge in [0, 0.05) is 53.3 Å². The Bertz CT molecular complexity index is 628. The molecule has 1 fully saturated rings. The molecule has 3 nitrogen and oxygen atoms in total. The lowest BCUT2D eigenvalue weighted by molar-refractivity contribution is 0.159. The zero-order valence-corrected chi connectivity index (χ0v) is 13.2. The number of hydrogen-bond donors (Lipinski definition) is 2. The van der Waals surface area contributed by atoms with Crippen LogP contribution in [0.25, 0.3) is 10.9 Å². The largest absolute Gasteiger partial charge is 0.358 e. The van der Waals surface area contributed by atoms with Crippen molar-refractivity contribution in [3.63, 3.8) is 0 Å². The maximum absolute atomic E-state index is 3.62. The van der Waals surface area contributed by atoms with Crippen LogP contribution in [0.4, 0.5) is 0 Å². The van der Waals surface area contributed by atoms with Crippen LogP contribution >= 0.6 is 15.9 Å². The van der Waals surface area contributed by atoms with Crippen molar-refractivity contribution in [1.82, 2.24) is 15.2 Å². The van der Waals surface area contributed by atoms with Crippen LogP contribution in [0.1, 0.15) is 17.7 Å². The molecule has 0 bridgehead atoms. The molecular formula is C16H20BrN3. The number of aromatic nitrogens is 1. The number of piperazine rings is 1. The van der Waals surface area contributed by atoms with Crippen molar-refractivity contribution in [2.24, 2.45) is 0 Å². The smallest absolute Gasteiger partial charge is 0.0470 e. The van der Waals surface area contributed by atoms with Crippen molar-refractivity contribution >= 4 is 26.8 Å². The quantitative estimate of drug-likeness (QED) is 0.840. The minimum atomic E-state index is 0.729. The first-order valence-electron chi connectivity index (χ1n) is 7.55. The van der Waals surface area contributed by atoms with Crippen LogP contribution in [0.2, 0.25) is 0 Å². The molecule has 0 amide bonds. The van der Waals surface area contributed by atoms with E-state index in [1.807, 2.05) is 0 Å². The Morgan fingerprint density at radius 3 is 2.90 bits per heavy atom. The number of aryl methyl sites for hydroxylation is 1. The highest BCUT2D eigenvalue weighted by atomic mass is 79.9. The summed E-state index contributed by atoms with van der Waals surface area (Å²) in [6, 6.07) is 7.35. The number of aromatic amines is 1. The van der Waals surface area contributed by atoms with Gasteiger partial charge in [-0.25, -0.2) is 0 Å². The van der Waals surface area contributed by atoms with E-state index in [4.69, 9.17) is 0 Å². The van der Waals surface area contributed by atoms with E-state index in [0.29, 0.717) is 0 Å². The van der Waals surface area contributed by atoms with E-state index in [0.717, 1.165) is 23.6 Å². The van der Waals surface area contributed by atoms with Crippen molar-refractivity contribution in [3.05, 3.63) is 33.9 Å². The van der Waals surface area contributed by atoms with Gasteiger partial charge in [0.1, 0.15) is 0 Å². The third-order valence-electron chi connectivity index (χ3n) is 4.79. The van der Waals surface area contributed by atoms with Gasteiger partial charge in [-0.05, 0) is 37.0 Å². The third kappa shape index (κ3) is 2.20. The van der Waals surface area contributed by atoms with E-state index in [2.05, 4.69) is 49.3 Å². The summed E-state index contributed by atoms with van der Waals surface area (Å²) in [5, 5.41) is 4.87. The van der Waals surface area contributed by atoms with E-state index >= 15 is 0 Å². The van der Waals surface area contributed by atoms with Gasteiger partial charge in [0.15, 0.2) is 0 Å². The van der Waals surface area contributed by atoms with Gasteiger partial charge in [-0.3, -0.25) is 4.90 Å². The van der Waals surface area contributed by atoms with Crippen LogP contribution in [-0.2, 0) is 12.8 Å². The van der Waals surface area contributed by atoms with Gasteiger partial charge < -0.3 is 10.3 Å².